The monoisotopic (exact) mass is 293 g/mol. The van der Waals surface area contributed by atoms with E-state index in [1.54, 1.807) is 18.6 Å². The second kappa shape index (κ2) is 5.25. The maximum atomic E-state index is 5.69. The van der Waals surface area contributed by atoms with Crippen molar-refractivity contribution in [3.63, 3.8) is 0 Å². The van der Waals surface area contributed by atoms with Crippen LogP contribution in [0, 0.1) is 6.92 Å². The standard InChI is InChI=1S/C12H12BrN3O/c1-8-2-3-16-12(11(8)5-14)17-10-4-9(13)6-15-7-10/h2-4,6-7H,5,14H2,1H3. The molecule has 2 heterocycles. The summed E-state index contributed by atoms with van der Waals surface area (Å²) in [5, 5.41) is 0. The van der Waals surface area contributed by atoms with E-state index < -0.39 is 0 Å². The highest BCUT2D eigenvalue weighted by molar-refractivity contribution is 9.10. The molecule has 2 rings (SSSR count). The molecule has 2 aromatic rings. The smallest absolute Gasteiger partial charge is 0.224 e. The number of nitrogens with two attached hydrogens (primary N) is 1. The van der Waals surface area contributed by atoms with Gasteiger partial charge in [-0.15, -0.1) is 0 Å². The van der Waals surface area contributed by atoms with Gasteiger partial charge in [-0.1, -0.05) is 0 Å². The summed E-state index contributed by atoms with van der Waals surface area (Å²) in [5.74, 6) is 1.17. The Hall–Kier alpha value is -1.46. The number of hydrogen-bond acceptors (Lipinski definition) is 4. The molecule has 0 unspecified atom stereocenters. The highest BCUT2D eigenvalue weighted by atomic mass is 79.9. The second-order valence-corrected chi connectivity index (χ2v) is 4.47. The first kappa shape index (κ1) is 12.0. The number of nitrogens with zero attached hydrogens (tertiary/aromatic N) is 2. The van der Waals surface area contributed by atoms with Crippen LogP contribution in [0.4, 0.5) is 0 Å². The first-order valence-corrected chi connectivity index (χ1v) is 5.93. The molecule has 0 amide bonds. The van der Waals surface area contributed by atoms with E-state index in [0.717, 1.165) is 15.6 Å². The van der Waals surface area contributed by atoms with Crippen molar-refractivity contribution in [3.8, 4) is 11.6 Å². The first-order chi connectivity index (χ1) is 8.20. The lowest BCUT2D eigenvalue weighted by Gasteiger charge is -2.10. The average Bonchev–Trinajstić information content (AvgIpc) is 2.29. The van der Waals surface area contributed by atoms with Crippen molar-refractivity contribution < 1.29 is 4.74 Å². The van der Waals surface area contributed by atoms with E-state index in [-0.39, 0.29) is 0 Å². The normalized spacial score (nSPS) is 10.3. The van der Waals surface area contributed by atoms with Gasteiger partial charge in [-0.25, -0.2) is 4.98 Å². The zero-order valence-corrected chi connectivity index (χ0v) is 10.9. The molecule has 0 aliphatic carbocycles. The lowest BCUT2D eigenvalue weighted by Crippen LogP contribution is -2.03. The summed E-state index contributed by atoms with van der Waals surface area (Å²) in [6.45, 7) is 2.38. The molecule has 88 valence electrons. The molecule has 2 aromatic heterocycles. The van der Waals surface area contributed by atoms with Crippen molar-refractivity contribution in [2.45, 2.75) is 13.5 Å². The van der Waals surface area contributed by atoms with Crippen LogP contribution in [-0.2, 0) is 6.54 Å². The molecule has 0 aromatic carbocycles. The third-order valence-corrected chi connectivity index (χ3v) is 2.78. The van der Waals surface area contributed by atoms with E-state index in [2.05, 4.69) is 25.9 Å². The lowest BCUT2D eigenvalue weighted by molar-refractivity contribution is 0.453. The van der Waals surface area contributed by atoms with Crippen LogP contribution in [0.1, 0.15) is 11.1 Å². The third kappa shape index (κ3) is 2.81. The summed E-state index contributed by atoms with van der Waals surface area (Å²) >= 11 is 3.34. The molecule has 17 heavy (non-hydrogen) atoms. The van der Waals surface area contributed by atoms with Crippen molar-refractivity contribution in [2.24, 2.45) is 5.73 Å². The van der Waals surface area contributed by atoms with Crippen LogP contribution in [0.3, 0.4) is 0 Å². The van der Waals surface area contributed by atoms with Crippen LogP contribution in [0.2, 0.25) is 0 Å². The number of aryl methyl sites for hydroxylation is 1. The van der Waals surface area contributed by atoms with Gasteiger partial charge in [0.05, 0.1) is 6.20 Å². The first-order valence-electron chi connectivity index (χ1n) is 5.13. The van der Waals surface area contributed by atoms with Crippen LogP contribution in [0.15, 0.2) is 35.2 Å². The van der Waals surface area contributed by atoms with Crippen LogP contribution in [0.5, 0.6) is 11.6 Å². The maximum Gasteiger partial charge on any atom is 0.224 e. The number of pyridine rings is 2. The predicted molar refractivity (Wildman–Crippen MR) is 68.9 cm³/mol. The Morgan fingerprint density at radius 2 is 2.24 bits per heavy atom. The van der Waals surface area contributed by atoms with E-state index in [1.165, 1.54) is 0 Å². The molecule has 5 heteroatoms. The Bertz CT molecular complexity index is 531. The number of halogens is 1. The van der Waals surface area contributed by atoms with Gasteiger partial charge in [-0.3, -0.25) is 4.98 Å². The SMILES string of the molecule is Cc1ccnc(Oc2cncc(Br)c2)c1CN. The number of aromatic nitrogens is 2. The fraction of sp³-hybridized carbons (Fsp3) is 0.167. The summed E-state index contributed by atoms with van der Waals surface area (Å²) in [4.78, 5) is 8.22. The fourth-order valence-electron chi connectivity index (χ4n) is 1.46. The van der Waals surface area contributed by atoms with Gasteiger partial charge in [-0.2, -0.15) is 0 Å². The van der Waals surface area contributed by atoms with Gasteiger partial charge < -0.3 is 10.5 Å². The third-order valence-electron chi connectivity index (χ3n) is 2.35. The minimum Gasteiger partial charge on any atom is -0.437 e. The highest BCUT2D eigenvalue weighted by Gasteiger charge is 2.08. The zero-order valence-electron chi connectivity index (χ0n) is 9.35. The molecular formula is C12H12BrN3O. The quantitative estimate of drug-likeness (QED) is 0.945. The van der Waals surface area contributed by atoms with Crippen LogP contribution in [0.25, 0.3) is 0 Å². The molecule has 2 N–H and O–H groups in total. The van der Waals surface area contributed by atoms with Gasteiger partial charge in [0.25, 0.3) is 0 Å². The van der Waals surface area contributed by atoms with Crippen molar-refractivity contribution in [1.82, 2.24) is 9.97 Å². The van der Waals surface area contributed by atoms with Crippen molar-refractivity contribution in [1.29, 1.82) is 0 Å². The maximum absolute atomic E-state index is 5.69. The molecule has 0 aliphatic rings. The molecule has 0 saturated heterocycles. The number of rotatable bonds is 3. The highest BCUT2D eigenvalue weighted by Crippen LogP contribution is 2.25. The summed E-state index contributed by atoms with van der Waals surface area (Å²) in [6, 6.07) is 3.74. The Morgan fingerprint density at radius 3 is 2.94 bits per heavy atom. The van der Waals surface area contributed by atoms with Gasteiger partial charge >= 0.3 is 0 Å². The number of hydrogen-bond donors (Lipinski definition) is 1. The van der Waals surface area contributed by atoms with Crippen LogP contribution < -0.4 is 10.5 Å². The van der Waals surface area contributed by atoms with E-state index in [9.17, 15) is 0 Å². The number of ether oxygens (including phenoxy) is 1. The summed E-state index contributed by atoms with van der Waals surface area (Å²) in [7, 11) is 0. The largest absolute Gasteiger partial charge is 0.437 e. The van der Waals surface area contributed by atoms with E-state index in [4.69, 9.17) is 10.5 Å². The van der Waals surface area contributed by atoms with Crippen molar-refractivity contribution in [3.05, 3.63) is 46.3 Å². The van der Waals surface area contributed by atoms with Crippen molar-refractivity contribution >= 4 is 15.9 Å². The van der Waals surface area contributed by atoms with E-state index in [1.807, 2.05) is 19.1 Å². The minimum absolute atomic E-state index is 0.399. The van der Waals surface area contributed by atoms with Crippen molar-refractivity contribution in [2.75, 3.05) is 0 Å². The molecule has 0 radical (unpaired) electrons. The Balaban J connectivity index is 2.33. The van der Waals surface area contributed by atoms with Gasteiger partial charge in [0, 0.05) is 29.0 Å². The molecule has 0 spiro atoms. The minimum atomic E-state index is 0.399. The molecule has 0 aliphatic heterocycles. The Morgan fingerprint density at radius 1 is 1.41 bits per heavy atom. The van der Waals surface area contributed by atoms with Gasteiger partial charge in [-0.05, 0) is 40.5 Å². The lowest BCUT2D eigenvalue weighted by atomic mass is 10.1. The molecule has 0 fully saturated rings. The molecular weight excluding hydrogens is 282 g/mol. The zero-order chi connectivity index (χ0) is 12.3. The Kier molecular flexibility index (Phi) is 3.71. The summed E-state index contributed by atoms with van der Waals surface area (Å²) in [5.41, 5.74) is 7.67. The van der Waals surface area contributed by atoms with Gasteiger partial charge in [0.1, 0.15) is 5.75 Å². The van der Waals surface area contributed by atoms with Gasteiger partial charge in [0.15, 0.2) is 0 Å². The van der Waals surface area contributed by atoms with Gasteiger partial charge in [0.2, 0.25) is 5.88 Å². The van der Waals surface area contributed by atoms with Crippen LogP contribution >= 0.6 is 15.9 Å². The summed E-state index contributed by atoms with van der Waals surface area (Å²) < 4.78 is 6.54. The predicted octanol–water partition coefficient (Wildman–Crippen LogP) is 2.80. The molecule has 0 bridgehead atoms. The molecule has 0 saturated carbocycles. The molecule has 4 nitrogen and oxygen atoms in total. The second-order valence-electron chi connectivity index (χ2n) is 3.56. The fourth-order valence-corrected chi connectivity index (χ4v) is 1.80. The van der Waals surface area contributed by atoms with E-state index in [0.29, 0.717) is 18.2 Å². The van der Waals surface area contributed by atoms with Crippen LogP contribution in [-0.4, -0.2) is 9.97 Å². The topological polar surface area (TPSA) is 61.0 Å². The summed E-state index contributed by atoms with van der Waals surface area (Å²) in [6.07, 6.45) is 5.03. The van der Waals surface area contributed by atoms with E-state index >= 15 is 0 Å². The average molecular weight is 294 g/mol. The Labute approximate surface area is 108 Å². The molecule has 0 atom stereocenters.